The van der Waals surface area contributed by atoms with Crippen LogP contribution in [0.4, 0.5) is 17.6 Å². The van der Waals surface area contributed by atoms with Crippen molar-refractivity contribution < 1.29 is 41.1 Å². The summed E-state index contributed by atoms with van der Waals surface area (Å²) in [7, 11) is 1.48. The first kappa shape index (κ1) is 31.9. The van der Waals surface area contributed by atoms with E-state index < -0.39 is 52.6 Å². The lowest BCUT2D eigenvalue weighted by atomic mass is 9.89. The van der Waals surface area contributed by atoms with Crippen molar-refractivity contribution in [2.24, 2.45) is 0 Å². The van der Waals surface area contributed by atoms with E-state index in [9.17, 15) is 26.9 Å². The van der Waals surface area contributed by atoms with Crippen molar-refractivity contribution in [3.8, 4) is 28.5 Å². The minimum Gasteiger partial charge on any atom is -0.598 e. The van der Waals surface area contributed by atoms with Gasteiger partial charge in [0.15, 0.2) is 17.2 Å². The summed E-state index contributed by atoms with van der Waals surface area (Å²) in [5, 5.41) is 2.20. The minimum absolute atomic E-state index is 0.0291. The smallest absolute Gasteiger partial charge is 0.418 e. The summed E-state index contributed by atoms with van der Waals surface area (Å²) in [6.07, 6.45) is -2.82. The van der Waals surface area contributed by atoms with E-state index in [2.05, 4.69) is 15.0 Å². The molecular weight excluding hydrogens is 602 g/mol. The fourth-order valence-corrected chi connectivity index (χ4v) is 5.58. The Morgan fingerprint density at radius 1 is 1.14 bits per heavy atom. The quantitative estimate of drug-likeness (QED) is 0.203. The molecule has 2 aromatic carbocycles. The van der Waals surface area contributed by atoms with Crippen LogP contribution in [0.2, 0.25) is 0 Å². The Kier molecular flexibility index (Phi) is 9.01. The fraction of sp³-hybridized carbons (Fsp3) is 0.419. The third-order valence-corrected chi connectivity index (χ3v) is 8.91. The van der Waals surface area contributed by atoms with Crippen molar-refractivity contribution in [3.63, 3.8) is 0 Å². The molecule has 1 aliphatic heterocycles. The molecule has 1 aromatic heterocycles. The largest absolute Gasteiger partial charge is 0.598 e. The molecule has 0 spiro atoms. The zero-order valence-electron chi connectivity index (χ0n) is 24.6. The summed E-state index contributed by atoms with van der Waals surface area (Å²) >= 11 is -2.06. The summed E-state index contributed by atoms with van der Waals surface area (Å²) in [6.45, 7) is 3.96. The van der Waals surface area contributed by atoms with Gasteiger partial charge in [-0.25, -0.2) is 9.37 Å². The highest BCUT2D eigenvalue weighted by Gasteiger charge is 2.64. The SMILES string of the molecule is COc1cc(C(=O)NC[C@@H](C)c2cc3c(c(-c4ccc(F)cc4)n2)OC[C@@]3(N[S@+]([O-])C(C)C)C(F)(F)F)ccc1OC1CC1. The van der Waals surface area contributed by atoms with Crippen LogP contribution in [0.15, 0.2) is 48.5 Å². The second-order valence-corrected chi connectivity index (χ2v) is 13.0. The molecule has 2 heterocycles. The van der Waals surface area contributed by atoms with E-state index in [1.807, 2.05) is 0 Å². The Hall–Kier alpha value is -3.55. The number of nitrogens with one attached hydrogen (secondary N) is 2. The number of rotatable bonds is 11. The summed E-state index contributed by atoms with van der Waals surface area (Å²) < 4.78 is 90.0. The van der Waals surface area contributed by atoms with Crippen LogP contribution >= 0.6 is 0 Å². The lowest BCUT2D eigenvalue weighted by Crippen LogP contribution is -2.58. The lowest BCUT2D eigenvalue weighted by Gasteiger charge is -2.32. The Labute approximate surface area is 255 Å². The van der Waals surface area contributed by atoms with Gasteiger partial charge in [-0.05, 0) is 75.2 Å². The minimum atomic E-state index is -4.90. The lowest BCUT2D eigenvalue weighted by molar-refractivity contribution is -0.196. The summed E-state index contributed by atoms with van der Waals surface area (Å²) in [5.74, 6) is -0.696. The molecule has 236 valence electrons. The zero-order chi connectivity index (χ0) is 31.8. The molecule has 3 atom stereocenters. The van der Waals surface area contributed by atoms with Gasteiger partial charge in [0.05, 0.1) is 13.2 Å². The Morgan fingerprint density at radius 2 is 1.84 bits per heavy atom. The molecule has 8 nitrogen and oxygen atoms in total. The van der Waals surface area contributed by atoms with Gasteiger partial charge < -0.3 is 24.1 Å². The number of aromatic nitrogens is 1. The van der Waals surface area contributed by atoms with Crippen LogP contribution in [0.3, 0.4) is 0 Å². The number of carbonyl (C=O) groups excluding carboxylic acids is 1. The van der Waals surface area contributed by atoms with Crippen molar-refractivity contribution in [1.29, 1.82) is 0 Å². The number of nitrogens with zero attached hydrogens (tertiary/aromatic N) is 1. The van der Waals surface area contributed by atoms with Gasteiger partial charge >= 0.3 is 6.18 Å². The molecule has 2 aliphatic rings. The van der Waals surface area contributed by atoms with Crippen molar-refractivity contribution in [3.05, 3.63) is 71.2 Å². The van der Waals surface area contributed by atoms with E-state index >= 15 is 0 Å². The summed E-state index contributed by atoms with van der Waals surface area (Å²) in [5.41, 5.74) is -2.11. The molecule has 2 N–H and O–H groups in total. The van der Waals surface area contributed by atoms with Crippen molar-refractivity contribution in [2.45, 2.75) is 62.6 Å². The number of pyridine rings is 1. The monoisotopic (exact) mass is 635 g/mol. The number of methoxy groups -OCH3 is 1. The standard InChI is InChI=1S/C31H33F4N3O5S/c1-17(2)44(40)38-30(31(33,34)35)16-42-28-23(30)14-24(37-27(28)19-5-8-21(32)9-6-19)18(3)15-36-29(39)20-7-12-25(26(13-20)41-4)43-22-10-11-22/h5-9,12-14,17-18,22,38H,10-11,15-16H2,1-4H3,(H,36,39)/t18-,30+,44-/m1/s1. The molecule has 3 aromatic rings. The van der Waals surface area contributed by atoms with Crippen LogP contribution < -0.4 is 24.2 Å². The van der Waals surface area contributed by atoms with E-state index in [0.717, 1.165) is 12.8 Å². The highest BCUT2D eigenvalue weighted by Crippen LogP contribution is 2.51. The van der Waals surface area contributed by atoms with Crippen molar-refractivity contribution in [1.82, 2.24) is 15.0 Å². The molecular formula is C31H33F4N3O5S. The van der Waals surface area contributed by atoms with E-state index in [-0.39, 0.29) is 35.3 Å². The number of amides is 1. The van der Waals surface area contributed by atoms with Gasteiger partial charge in [-0.15, -0.1) is 4.72 Å². The first-order valence-electron chi connectivity index (χ1n) is 14.1. The second kappa shape index (κ2) is 12.4. The van der Waals surface area contributed by atoms with Gasteiger partial charge in [-0.1, -0.05) is 6.92 Å². The molecule has 1 amide bonds. The molecule has 0 bridgehead atoms. The first-order valence-corrected chi connectivity index (χ1v) is 15.4. The highest BCUT2D eigenvalue weighted by molar-refractivity contribution is 7.90. The highest BCUT2D eigenvalue weighted by atomic mass is 32.2. The molecule has 0 radical (unpaired) electrons. The number of benzene rings is 2. The molecule has 1 saturated carbocycles. The topological polar surface area (TPSA) is 105 Å². The average Bonchev–Trinajstić information content (AvgIpc) is 3.73. The van der Waals surface area contributed by atoms with Crippen LogP contribution in [-0.4, -0.2) is 53.2 Å². The van der Waals surface area contributed by atoms with E-state index in [1.54, 1.807) is 39.0 Å². The summed E-state index contributed by atoms with van der Waals surface area (Å²) in [6, 6.07) is 11.3. The number of carbonyl (C=O) groups is 1. The number of fused-ring (bicyclic) bond motifs is 1. The normalized spacial score (nSPS) is 19.2. The zero-order valence-corrected chi connectivity index (χ0v) is 25.4. The predicted molar refractivity (Wildman–Crippen MR) is 157 cm³/mol. The Morgan fingerprint density at radius 3 is 2.45 bits per heavy atom. The van der Waals surface area contributed by atoms with Gasteiger partial charge in [0.25, 0.3) is 5.91 Å². The Balaban J connectivity index is 1.47. The van der Waals surface area contributed by atoms with E-state index in [0.29, 0.717) is 22.6 Å². The molecule has 0 saturated heterocycles. The summed E-state index contributed by atoms with van der Waals surface area (Å²) in [4.78, 5) is 17.7. The molecule has 1 fully saturated rings. The van der Waals surface area contributed by atoms with Gasteiger partial charge in [0.1, 0.15) is 23.4 Å². The molecule has 5 rings (SSSR count). The second-order valence-electron chi connectivity index (χ2n) is 11.2. The third-order valence-electron chi connectivity index (χ3n) is 7.51. The predicted octanol–water partition coefficient (Wildman–Crippen LogP) is 5.78. The fourth-order valence-electron chi connectivity index (χ4n) is 4.72. The molecule has 13 heteroatoms. The average molecular weight is 636 g/mol. The maximum absolute atomic E-state index is 14.8. The number of hydrogen-bond donors (Lipinski definition) is 2. The Bertz CT molecular complexity index is 1520. The van der Waals surface area contributed by atoms with Gasteiger partial charge in [-0.2, -0.15) is 13.2 Å². The van der Waals surface area contributed by atoms with Crippen molar-refractivity contribution >= 4 is 17.3 Å². The molecule has 44 heavy (non-hydrogen) atoms. The van der Waals surface area contributed by atoms with Crippen LogP contribution in [-0.2, 0) is 16.9 Å². The van der Waals surface area contributed by atoms with E-state index in [1.165, 1.54) is 37.4 Å². The van der Waals surface area contributed by atoms with Crippen molar-refractivity contribution in [2.75, 3.05) is 20.3 Å². The molecule has 0 unspecified atom stereocenters. The number of ether oxygens (including phenoxy) is 3. The van der Waals surface area contributed by atoms with Gasteiger partial charge in [0, 0.05) is 46.2 Å². The number of hydrogen-bond acceptors (Lipinski definition) is 7. The van der Waals surface area contributed by atoms with Crippen LogP contribution in [0.25, 0.3) is 11.3 Å². The van der Waals surface area contributed by atoms with Gasteiger partial charge in [0.2, 0.25) is 5.54 Å². The number of alkyl halides is 3. The third kappa shape index (κ3) is 6.45. The maximum atomic E-state index is 14.8. The van der Waals surface area contributed by atoms with Crippen LogP contribution in [0, 0.1) is 5.82 Å². The number of halogens is 4. The first-order chi connectivity index (χ1) is 20.8. The van der Waals surface area contributed by atoms with Gasteiger partial charge in [-0.3, -0.25) is 4.79 Å². The molecule has 1 aliphatic carbocycles. The van der Waals surface area contributed by atoms with Crippen LogP contribution in [0.1, 0.15) is 61.1 Å². The maximum Gasteiger partial charge on any atom is 0.418 e. The van der Waals surface area contributed by atoms with Crippen LogP contribution in [0.5, 0.6) is 17.2 Å². The van der Waals surface area contributed by atoms with E-state index in [4.69, 9.17) is 14.2 Å².